The van der Waals surface area contributed by atoms with Crippen molar-refractivity contribution in [2.24, 2.45) is 5.92 Å². The van der Waals surface area contributed by atoms with Crippen LogP contribution in [0.25, 0.3) is 0 Å². The lowest BCUT2D eigenvalue weighted by molar-refractivity contribution is -0.130. The van der Waals surface area contributed by atoms with Crippen LogP contribution in [-0.2, 0) is 4.79 Å². The lowest BCUT2D eigenvalue weighted by Gasteiger charge is -2.37. The molecule has 0 saturated heterocycles. The zero-order chi connectivity index (χ0) is 10.9. The van der Waals surface area contributed by atoms with E-state index in [0.717, 1.165) is 5.57 Å². The molecular formula is C10H15ClO3. The second-order valence-corrected chi connectivity index (χ2v) is 4.62. The minimum atomic E-state index is -1.49. The van der Waals surface area contributed by atoms with Crippen LogP contribution in [-0.4, -0.2) is 33.6 Å². The van der Waals surface area contributed by atoms with Gasteiger partial charge in [0.25, 0.3) is 0 Å². The van der Waals surface area contributed by atoms with Crippen LogP contribution >= 0.6 is 11.6 Å². The van der Waals surface area contributed by atoms with E-state index in [4.69, 9.17) is 16.7 Å². The molecule has 0 radical (unpaired) electrons. The predicted molar refractivity (Wildman–Crippen MR) is 54.2 cm³/mol. The van der Waals surface area contributed by atoms with E-state index in [-0.39, 0.29) is 18.1 Å². The van der Waals surface area contributed by atoms with Gasteiger partial charge in [-0.25, -0.2) is 0 Å². The van der Waals surface area contributed by atoms with Crippen LogP contribution in [0, 0.1) is 5.92 Å². The van der Waals surface area contributed by atoms with Crippen molar-refractivity contribution in [3.05, 3.63) is 12.2 Å². The maximum absolute atomic E-state index is 11.6. The Bertz CT molecular complexity index is 264. The van der Waals surface area contributed by atoms with E-state index >= 15 is 0 Å². The first-order chi connectivity index (χ1) is 6.41. The molecule has 0 unspecified atom stereocenters. The number of aliphatic hydroxyl groups excluding tert-OH is 2. The number of hydrogen-bond acceptors (Lipinski definition) is 3. The lowest BCUT2D eigenvalue weighted by Crippen LogP contribution is -2.52. The predicted octanol–water partition coefficient (Wildman–Crippen LogP) is 0.872. The molecule has 3 atom stereocenters. The lowest BCUT2D eigenvalue weighted by atomic mass is 9.76. The van der Waals surface area contributed by atoms with Gasteiger partial charge in [-0.1, -0.05) is 12.2 Å². The number of alkyl halides is 1. The van der Waals surface area contributed by atoms with Crippen molar-refractivity contribution >= 4 is 17.4 Å². The summed E-state index contributed by atoms with van der Waals surface area (Å²) in [6.45, 7) is 5.06. The summed E-state index contributed by atoms with van der Waals surface area (Å²) in [4.78, 5) is 10.1. The van der Waals surface area contributed by atoms with Crippen LogP contribution in [0.15, 0.2) is 12.2 Å². The number of allylic oxidation sites excluding steroid dienone is 1. The number of aliphatic hydroxyl groups is 2. The summed E-state index contributed by atoms with van der Waals surface area (Å²) in [5.41, 5.74) is 0.869. The van der Waals surface area contributed by atoms with Gasteiger partial charge in [-0.2, -0.15) is 0 Å². The van der Waals surface area contributed by atoms with Gasteiger partial charge in [-0.3, -0.25) is 4.79 Å². The Labute approximate surface area is 88.4 Å². The first kappa shape index (κ1) is 11.7. The minimum absolute atomic E-state index is 0.0177. The Hall–Kier alpha value is -0.380. The van der Waals surface area contributed by atoms with Crippen molar-refractivity contribution in [1.82, 2.24) is 0 Å². The molecule has 0 amide bonds. The van der Waals surface area contributed by atoms with E-state index in [1.165, 1.54) is 0 Å². The number of hydrogen-bond donors (Lipinski definition) is 2. The van der Waals surface area contributed by atoms with Gasteiger partial charge < -0.3 is 10.2 Å². The molecule has 14 heavy (non-hydrogen) atoms. The fraction of sp³-hybridized carbons (Fsp3) is 0.700. The van der Waals surface area contributed by atoms with Crippen molar-refractivity contribution in [2.75, 3.05) is 6.61 Å². The molecule has 0 bridgehead atoms. The van der Waals surface area contributed by atoms with Gasteiger partial charge in [0.15, 0.2) is 10.7 Å². The average molecular weight is 219 g/mol. The molecule has 1 aliphatic carbocycles. The van der Waals surface area contributed by atoms with E-state index in [2.05, 4.69) is 6.58 Å². The standard InChI is InChI=1S/C10H15ClO3/c1-6(2)7-3-8(13)10(11,5-12)9(14)4-7/h7-8,12-13H,1,3-5H2,2H3/t7-,8-,10+/m1/s1. The maximum Gasteiger partial charge on any atom is 0.159 e. The molecule has 1 fully saturated rings. The molecule has 0 aliphatic heterocycles. The van der Waals surface area contributed by atoms with Crippen molar-refractivity contribution in [1.29, 1.82) is 0 Å². The molecule has 0 aromatic carbocycles. The Morgan fingerprint density at radius 2 is 2.36 bits per heavy atom. The van der Waals surface area contributed by atoms with E-state index < -0.39 is 17.6 Å². The summed E-state index contributed by atoms with van der Waals surface area (Å²) in [6.07, 6.45) is -0.334. The maximum atomic E-state index is 11.6. The van der Waals surface area contributed by atoms with E-state index in [9.17, 15) is 9.90 Å². The largest absolute Gasteiger partial charge is 0.394 e. The number of carbonyl (C=O) groups is 1. The molecule has 1 aliphatic rings. The number of halogens is 1. The molecule has 1 saturated carbocycles. The molecule has 2 N–H and O–H groups in total. The number of rotatable bonds is 2. The zero-order valence-electron chi connectivity index (χ0n) is 8.16. The Kier molecular flexibility index (Phi) is 3.35. The Morgan fingerprint density at radius 3 is 2.71 bits per heavy atom. The fourth-order valence-electron chi connectivity index (χ4n) is 1.69. The second kappa shape index (κ2) is 4.01. The summed E-state index contributed by atoms with van der Waals surface area (Å²) in [6, 6.07) is 0. The third-order valence-electron chi connectivity index (χ3n) is 2.86. The summed E-state index contributed by atoms with van der Waals surface area (Å²) in [7, 11) is 0. The molecule has 1 rings (SSSR count). The molecular weight excluding hydrogens is 204 g/mol. The fourth-order valence-corrected chi connectivity index (χ4v) is 1.85. The van der Waals surface area contributed by atoms with Crippen molar-refractivity contribution in [3.63, 3.8) is 0 Å². The van der Waals surface area contributed by atoms with Gasteiger partial charge in [0.05, 0.1) is 12.7 Å². The van der Waals surface area contributed by atoms with E-state index in [1.54, 1.807) is 0 Å². The second-order valence-electron chi connectivity index (χ2n) is 3.94. The monoisotopic (exact) mass is 218 g/mol. The smallest absolute Gasteiger partial charge is 0.159 e. The number of ketones is 1. The highest BCUT2D eigenvalue weighted by Gasteiger charge is 2.47. The Balaban J connectivity index is 2.83. The van der Waals surface area contributed by atoms with Crippen molar-refractivity contribution < 1.29 is 15.0 Å². The zero-order valence-corrected chi connectivity index (χ0v) is 8.92. The third-order valence-corrected chi connectivity index (χ3v) is 3.44. The molecule has 0 aromatic heterocycles. The van der Waals surface area contributed by atoms with Crippen LogP contribution in [0.4, 0.5) is 0 Å². The molecule has 0 spiro atoms. The van der Waals surface area contributed by atoms with Crippen molar-refractivity contribution in [2.45, 2.75) is 30.7 Å². The van der Waals surface area contributed by atoms with Crippen LogP contribution in [0.5, 0.6) is 0 Å². The SMILES string of the molecule is C=C(C)[C@H]1CC(=O)[C@](Cl)(CO)[C@H](O)C1. The molecule has 4 heteroatoms. The summed E-state index contributed by atoms with van der Waals surface area (Å²) in [5, 5.41) is 18.6. The van der Waals surface area contributed by atoms with Gasteiger partial charge in [-0.05, 0) is 19.3 Å². The number of Topliss-reactive ketones (excluding diaryl/α,β-unsaturated/α-hetero) is 1. The van der Waals surface area contributed by atoms with E-state index in [1.807, 2.05) is 6.92 Å². The summed E-state index contributed by atoms with van der Waals surface area (Å²) < 4.78 is 0. The van der Waals surface area contributed by atoms with Crippen LogP contribution in [0.1, 0.15) is 19.8 Å². The first-order valence-electron chi connectivity index (χ1n) is 4.58. The first-order valence-corrected chi connectivity index (χ1v) is 4.96. The molecule has 3 nitrogen and oxygen atoms in total. The van der Waals surface area contributed by atoms with Gasteiger partial charge in [0.1, 0.15) is 0 Å². The highest BCUT2D eigenvalue weighted by molar-refractivity contribution is 6.36. The van der Waals surface area contributed by atoms with Gasteiger partial charge in [-0.15, -0.1) is 11.6 Å². The Morgan fingerprint density at radius 1 is 1.79 bits per heavy atom. The third kappa shape index (κ3) is 1.85. The van der Waals surface area contributed by atoms with Crippen LogP contribution in [0.2, 0.25) is 0 Å². The highest BCUT2D eigenvalue weighted by atomic mass is 35.5. The molecule has 0 heterocycles. The normalized spacial score (nSPS) is 38.4. The van der Waals surface area contributed by atoms with Gasteiger partial charge >= 0.3 is 0 Å². The number of carbonyl (C=O) groups excluding carboxylic acids is 1. The van der Waals surface area contributed by atoms with Crippen molar-refractivity contribution in [3.8, 4) is 0 Å². The van der Waals surface area contributed by atoms with Gasteiger partial charge in [0, 0.05) is 6.42 Å². The van der Waals surface area contributed by atoms with Crippen LogP contribution in [0.3, 0.4) is 0 Å². The highest BCUT2D eigenvalue weighted by Crippen LogP contribution is 2.36. The van der Waals surface area contributed by atoms with E-state index in [0.29, 0.717) is 6.42 Å². The minimum Gasteiger partial charge on any atom is -0.394 e. The van der Waals surface area contributed by atoms with Crippen LogP contribution < -0.4 is 0 Å². The molecule has 80 valence electrons. The van der Waals surface area contributed by atoms with Gasteiger partial charge in [0.2, 0.25) is 0 Å². The summed E-state index contributed by atoms with van der Waals surface area (Å²) >= 11 is 5.85. The quantitative estimate of drug-likeness (QED) is 0.534. The summed E-state index contributed by atoms with van der Waals surface area (Å²) in [5.74, 6) is -0.315. The average Bonchev–Trinajstić information content (AvgIpc) is 2.13. The topological polar surface area (TPSA) is 57.5 Å². The molecule has 0 aromatic rings.